The van der Waals surface area contributed by atoms with E-state index in [0.29, 0.717) is 11.3 Å². The molecule has 2 aromatic rings. The summed E-state index contributed by atoms with van der Waals surface area (Å²) < 4.78 is 1.93. The number of amides is 3. The van der Waals surface area contributed by atoms with E-state index in [-0.39, 0.29) is 42.5 Å². The van der Waals surface area contributed by atoms with Crippen molar-refractivity contribution in [3.05, 3.63) is 52.3 Å². The predicted molar refractivity (Wildman–Crippen MR) is 105 cm³/mol. The minimum absolute atomic E-state index is 0.0696. The molecule has 2 atom stereocenters. The van der Waals surface area contributed by atoms with E-state index in [1.54, 1.807) is 0 Å². The summed E-state index contributed by atoms with van der Waals surface area (Å²) in [4.78, 5) is 43.5. The van der Waals surface area contributed by atoms with Crippen molar-refractivity contribution in [2.45, 2.75) is 38.6 Å². The molecule has 0 spiro atoms. The maximum atomic E-state index is 12.5. The SMILES string of the molecule is O=C(CCN1C(=O)[C@H]2CCCC[C@@H]2C1=O)N=c1sccn1Cc1ccccc1. The van der Waals surface area contributed by atoms with Crippen molar-refractivity contribution in [1.82, 2.24) is 9.47 Å². The van der Waals surface area contributed by atoms with E-state index in [2.05, 4.69) is 4.99 Å². The monoisotopic (exact) mass is 397 g/mol. The van der Waals surface area contributed by atoms with Gasteiger partial charge in [0.2, 0.25) is 17.7 Å². The second-order valence-corrected chi connectivity index (χ2v) is 8.25. The molecule has 146 valence electrons. The maximum Gasteiger partial charge on any atom is 0.250 e. The number of nitrogens with zero attached hydrogens (tertiary/aromatic N) is 3. The van der Waals surface area contributed by atoms with E-state index >= 15 is 0 Å². The molecular formula is C21H23N3O3S. The largest absolute Gasteiger partial charge is 0.319 e. The van der Waals surface area contributed by atoms with Gasteiger partial charge in [-0.05, 0) is 18.4 Å². The molecule has 0 unspecified atom stereocenters. The number of imide groups is 1. The highest BCUT2D eigenvalue weighted by Gasteiger charge is 2.47. The number of hydrogen-bond acceptors (Lipinski definition) is 4. The zero-order valence-corrected chi connectivity index (χ0v) is 16.4. The highest BCUT2D eigenvalue weighted by atomic mass is 32.1. The van der Waals surface area contributed by atoms with Gasteiger partial charge >= 0.3 is 0 Å². The highest BCUT2D eigenvalue weighted by Crippen LogP contribution is 2.37. The normalized spacial score (nSPS) is 22.6. The van der Waals surface area contributed by atoms with Gasteiger partial charge in [-0.3, -0.25) is 19.3 Å². The number of rotatable bonds is 5. The Morgan fingerprint density at radius 2 is 1.75 bits per heavy atom. The van der Waals surface area contributed by atoms with Crippen LogP contribution in [0.25, 0.3) is 0 Å². The number of carbonyl (C=O) groups is 3. The molecule has 3 amide bonds. The maximum absolute atomic E-state index is 12.5. The number of likely N-dealkylation sites (tertiary alicyclic amines) is 1. The lowest BCUT2D eigenvalue weighted by Gasteiger charge is -2.19. The summed E-state index contributed by atoms with van der Waals surface area (Å²) in [5.74, 6) is -0.840. The number of thiazole rings is 1. The second-order valence-electron chi connectivity index (χ2n) is 7.38. The Morgan fingerprint density at radius 3 is 2.43 bits per heavy atom. The summed E-state index contributed by atoms with van der Waals surface area (Å²) in [5.41, 5.74) is 1.13. The lowest BCUT2D eigenvalue weighted by Crippen LogP contribution is -2.33. The molecule has 7 heteroatoms. The molecule has 1 saturated heterocycles. The Kier molecular flexibility index (Phi) is 5.52. The molecular weight excluding hydrogens is 374 g/mol. The lowest BCUT2D eigenvalue weighted by atomic mass is 9.81. The van der Waals surface area contributed by atoms with Crippen LogP contribution in [0.4, 0.5) is 0 Å². The lowest BCUT2D eigenvalue weighted by molar-refractivity contribution is -0.140. The van der Waals surface area contributed by atoms with E-state index in [1.165, 1.54) is 16.2 Å². The number of hydrogen-bond donors (Lipinski definition) is 0. The molecule has 0 bridgehead atoms. The fourth-order valence-electron chi connectivity index (χ4n) is 4.11. The van der Waals surface area contributed by atoms with Gasteiger partial charge in [0, 0.05) is 31.1 Å². The molecule has 1 aliphatic heterocycles. The Labute approximate surface area is 167 Å². The third kappa shape index (κ3) is 3.85. The van der Waals surface area contributed by atoms with Crippen molar-refractivity contribution in [1.29, 1.82) is 0 Å². The van der Waals surface area contributed by atoms with E-state index < -0.39 is 0 Å². The van der Waals surface area contributed by atoms with Crippen LogP contribution in [0.1, 0.15) is 37.7 Å². The third-order valence-corrected chi connectivity index (χ3v) is 6.35. The van der Waals surface area contributed by atoms with E-state index in [9.17, 15) is 14.4 Å². The van der Waals surface area contributed by atoms with Crippen LogP contribution in [0.2, 0.25) is 0 Å². The summed E-state index contributed by atoms with van der Waals surface area (Å²) >= 11 is 1.40. The smallest absolute Gasteiger partial charge is 0.250 e. The number of aromatic nitrogens is 1. The first-order valence-electron chi connectivity index (χ1n) is 9.74. The Balaban J connectivity index is 1.41. The Morgan fingerprint density at radius 1 is 1.07 bits per heavy atom. The summed E-state index contributed by atoms with van der Waals surface area (Å²) in [6.45, 7) is 0.778. The zero-order valence-electron chi connectivity index (χ0n) is 15.6. The van der Waals surface area contributed by atoms with Crippen molar-refractivity contribution >= 4 is 29.1 Å². The van der Waals surface area contributed by atoms with Crippen LogP contribution in [0.5, 0.6) is 0 Å². The van der Waals surface area contributed by atoms with Crippen LogP contribution in [0, 0.1) is 11.8 Å². The van der Waals surface area contributed by atoms with Gasteiger partial charge in [-0.25, -0.2) is 0 Å². The van der Waals surface area contributed by atoms with Gasteiger partial charge in [-0.1, -0.05) is 43.2 Å². The van der Waals surface area contributed by atoms with Crippen LogP contribution < -0.4 is 4.80 Å². The summed E-state index contributed by atoms with van der Waals surface area (Å²) in [6, 6.07) is 9.98. The van der Waals surface area contributed by atoms with E-state index in [0.717, 1.165) is 31.2 Å². The van der Waals surface area contributed by atoms with Gasteiger partial charge in [-0.15, -0.1) is 11.3 Å². The van der Waals surface area contributed by atoms with Gasteiger partial charge < -0.3 is 4.57 Å². The fraction of sp³-hybridized carbons (Fsp3) is 0.429. The third-order valence-electron chi connectivity index (χ3n) is 5.56. The average molecular weight is 398 g/mol. The first-order valence-corrected chi connectivity index (χ1v) is 10.6. The molecule has 0 N–H and O–H groups in total. The minimum atomic E-state index is -0.306. The number of carbonyl (C=O) groups excluding carboxylic acids is 3. The molecule has 2 aliphatic rings. The molecule has 1 aliphatic carbocycles. The van der Waals surface area contributed by atoms with Crippen LogP contribution in [-0.2, 0) is 20.9 Å². The van der Waals surface area contributed by atoms with Crippen molar-refractivity contribution in [3.63, 3.8) is 0 Å². The Bertz CT molecular complexity index is 923. The van der Waals surface area contributed by atoms with Crippen molar-refractivity contribution in [2.24, 2.45) is 16.8 Å². The van der Waals surface area contributed by atoms with E-state index in [1.807, 2.05) is 46.5 Å². The van der Waals surface area contributed by atoms with Gasteiger partial charge in [0.15, 0.2) is 4.80 Å². The molecule has 4 rings (SSSR count). The van der Waals surface area contributed by atoms with Crippen molar-refractivity contribution in [3.8, 4) is 0 Å². The molecule has 6 nitrogen and oxygen atoms in total. The van der Waals surface area contributed by atoms with Crippen molar-refractivity contribution < 1.29 is 14.4 Å². The molecule has 2 fully saturated rings. The number of fused-ring (bicyclic) bond motifs is 1. The molecule has 1 aromatic heterocycles. The van der Waals surface area contributed by atoms with Gasteiger partial charge in [-0.2, -0.15) is 4.99 Å². The summed E-state index contributed by atoms with van der Waals surface area (Å²) in [6.07, 6.45) is 5.56. The topological polar surface area (TPSA) is 71.7 Å². The predicted octanol–water partition coefficient (Wildman–Crippen LogP) is 2.59. The minimum Gasteiger partial charge on any atom is -0.319 e. The number of benzene rings is 1. The first-order chi connectivity index (χ1) is 13.6. The summed E-state index contributed by atoms with van der Waals surface area (Å²) in [5, 5.41) is 1.90. The van der Waals surface area contributed by atoms with E-state index in [4.69, 9.17) is 0 Å². The van der Waals surface area contributed by atoms with Crippen LogP contribution in [-0.4, -0.2) is 33.7 Å². The van der Waals surface area contributed by atoms with Gasteiger partial charge in [0.05, 0.1) is 11.8 Å². The van der Waals surface area contributed by atoms with Crippen LogP contribution in [0.3, 0.4) is 0 Å². The van der Waals surface area contributed by atoms with Crippen molar-refractivity contribution in [2.75, 3.05) is 6.54 Å². The average Bonchev–Trinajstić information content (AvgIpc) is 3.24. The molecule has 1 saturated carbocycles. The first kappa shape index (κ1) is 18.8. The molecule has 0 radical (unpaired) electrons. The molecule has 1 aromatic carbocycles. The van der Waals surface area contributed by atoms with Crippen LogP contribution in [0.15, 0.2) is 46.9 Å². The quantitative estimate of drug-likeness (QED) is 0.728. The Hall–Kier alpha value is -2.54. The highest BCUT2D eigenvalue weighted by molar-refractivity contribution is 7.07. The molecule has 28 heavy (non-hydrogen) atoms. The molecule has 2 heterocycles. The van der Waals surface area contributed by atoms with Gasteiger partial charge in [0.1, 0.15) is 0 Å². The zero-order chi connectivity index (χ0) is 19.5. The van der Waals surface area contributed by atoms with Gasteiger partial charge in [0.25, 0.3) is 0 Å². The fourth-order valence-corrected chi connectivity index (χ4v) is 4.85. The van der Waals surface area contributed by atoms with Crippen LogP contribution >= 0.6 is 11.3 Å². The summed E-state index contributed by atoms with van der Waals surface area (Å²) in [7, 11) is 0. The standard InChI is InChI=1S/C21H23N3O3S/c25-18(10-11-24-19(26)16-8-4-5-9-17(16)20(24)27)22-21-23(12-13-28-21)14-15-6-2-1-3-7-15/h1-3,6-7,12-13,16-17H,4-5,8-11,14H2/t16-,17-/m0/s1. The second kappa shape index (κ2) is 8.22.